The molecular formula is C15H22N2O2. The van der Waals surface area contributed by atoms with Gasteiger partial charge in [0.05, 0.1) is 0 Å². The van der Waals surface area contributed by atoms with Crippen LogP contribution in [0.2, 0.25) is 0 Å². The lowest BCUT2D eigenvalue weighted by Gasteiger charge is -2.27. The highest BCUT2D eigenvalue weighted by Gasteiger charge is 2.21. The molecule has 1 atom stereocenters. The van der Waals surface area contributed by atoms with Crippen molar-refractivity contribution in [1.82, 2.24) is 0 Å². The number of anilines is 1. The predicted molar refractivity (Wildman–Crippen MR) is 76.3 cm³/mol. The van der Waals surface area contributed by atoms with Crippen molar-refractivity contribution in [3.63, 3.8) is 0 Å². The monoisotopic (exact) mass is 262 g/mol. The van der Waals surface area contributed by atoms with E-state index in [1.54, 1.807) is 0 Å². The van der Waals surface area contributed by atoms with Gasteiger partial charge in [0.25, 0.3) is 0 Å². The maximum Gasteiger partial charge on any atom is 0.224 e. The van der Waals surface area contributed by atoms with Crippen molar-refractivity contribution in [2.75, 3.05) is 11.9 Å². The second kappa shape index (κ2) is 5.21. The number of carbonyl (C=O) groups excluding carboxylic acids is 1. The van der Waals surface area contributed by atoms with Gasteiger partial charge in [-0.25, -0.2) is 0 Å². The number of nitrogens with one attached hydrogen (secondary N) is 1. The smallest absolute Gasteiger partial charge is 0.224 e. The van der Waals surface area contributed by atoms with E-state index in [-0.39, 0.29) is 17.4 Å². The Labute approximate surface area is 114 Å². The third kappa shape index (κ3) is 3.47. The third-order valence-corrected chi connectivity index (χ3v) is 3.51. The van der Waals surface area contributed by atoms with Crippen LogP contribution in [-0.2, 0) is 11.2 Å². The van der Waals surface area contributed by atoms with Gasteiger partial charge in [0.1, 0.15) is 12.4 Å². The zero-order chi connectivity index (χ0) is 14.0. The van der Waals surface area contributed by atoms with Gasteiger partial charge in [-0.1, -0.05) is 20.8 Å². The molecule has 4 heteroatoms. The van der Waals surface area contributed by atoms with Gasteiger partial charge in [-0.3, -0.25) is 4.79 Å². The van der Waals surface area contributed by atoms with Crippen molar-refractivity contribution in [2.24, 2.45) is 11.1 Å². The fourth-order valence-corrected chi connectivity index (χ4v) is 1.89. The van der Waals surface area contributed by atoms with Crippen LogP contribution >= 0.6 is 0 Å². The lowest BCUT2D eigenvalue weighted by Crippen LogP contribution is -2.40. The quantitative estimate of drug-likeness (QED) is 0.878. The first-order chi connectivity index (χ1) is 8.86. The van der Waals surface area contributed by atoms with Crippen LogP contribution < -0.4 is 15.8 Å². The molecule has 0 aliphatic carbocycles. The molecule has 0 spiro atoms. The molecule has 1 aliphatic heterocycles. The lowest BCUT2D eigenvalue weighted by molar-refractivity contribution is -0.116. The van der Waals surface area contributed by atoms with Gasteiger partial charge in [0, 0.05) is 18.2 Å². The molecule has 1 aliphatic rings. The van der Waals surface area contributed by atoms with Crippen molar-refractivity contribution < 1.29 is 9.53 Å². The van der Waals surface area contributed by atoms with Crippen molar-refractivity contribution >= 4 is 11.6 Å². The second-order valence-corrected chi connectivity index (χ2v) is 6.15. The first kappa shape index (κ1) is 13.9. The summed E-state index contributed by atoms with van der Waals surface area (Å²) >= 11 is 0. The number of hydrogen-bond donors (Lipinski definition) is 2. The largest absolute Gasteiger partial charge is 0.492 e. The van der Waals surface area contributed by atoms with Gasteiger partial charge in [0.2, 0.25) is 5.91 Å². The number of benzene rings is 1. The number of rotatable bonds is 3. The lowest BCUT2D eigenvalue weighted by atomic mass is 9.88. The van der Waals surface area contributed by atoms with Gasteiger partial charge in [-0.2, -0.15) is 0 Å². The molecule has 2 rings (SSSR count). The summed E-state index contributed by atoms with van der Waals surface area (Å²) in [6, 6.07) is 5.75. The van der Waals surface area contributed by atoms with Crippen LogP contribution in [0.25, 0.3) is 0 Å². The molecule has 1 amide bonds. The van der Waals surface area contributed by atoms with Crippen molar-refractivity contribution in [1.29, 1.82) is 0 Å². The van der Waals surface area contributed by atoms with E-state index in [2.05, 4.69) is 26.1 Å². The minimum absolute atomic E-state index is 0.0109. The Hall–Kier alpha value is -1.55. The number of hydrogen-bond acceptors (Lipinski definition) is 3. The molecule has 0 saturated heterocycles. The standard InChI is InChI=1S/C15H22N2O2/c1-15(2,3)13(16)9-19-11-5-6-12-10(8-11)4-7-14(18)17-12/h5-6,8,13H,4,7,9,16H2,1-3H3,(H,17,18). The maximum atomic E-state index is 11.3. The molecule has 1 aromatic rings. The first-order valence-corrected chi connectivity index (χ1v) is 6.67. The zero-order valence-corrected chi connectivity index (χ0v) is 11.8. The van der Waals surface area contributed by atoms with Crippen molar-refractivity contribution in [2.45, 2.75) is 39.7 Å². The Morgan fingerprint density at radius 1 is 1.37 bits per heavy atom. The van der Waals surface area contributed by atoms with Gasteiger partial charge in [0.15, 0.2) is 0 Å². The molecular weight excluding hydrogens is 240 g/mol. The van der Waals surface area contributed by atoms with Crippen LogP contribution in [0.3, 0.4) is 0 Å². The van der Waals surface area contributed by atoms with E-state index in [0.717, 1.165) is 23.4 Å². The van der Waals surface area contributed by atoms with Gasteiger partial charge < -0.3 is 15.8 Å². The number of fused-ring (bicyclic) bond motifs is 1. The molecule has 1 aromatic carbocycles. The summed E-state index contributed by atoms with van der Waals surface area (Å²) in [7, 11) is 0. The van der Waals surface area contributed by atoms with E-state index in [4.69, 9.17) is 10.5 Å². The van der Waals surface area contributed by atoms with Crippen LogP contribution in [0, 0.1) is 5.41 Å². The highest BCUT2D eigenvalue weighted by molar-refractivity contribution is 5.93. The van der Waals surface area contributed by atoms with Crippen LogP contribution in [0.15, 0.2) is 18.2 Å². The van der Waals surface area contributed by atoms with Gasteiger partial charge >= 0.3 is 0 Å². The molecule has 0 radical (unpaired) electrons. The fraction of sp³-hybridized carbons (Fsp3) is 0.533. The minimum atomic E-state index is -0.0109. The summed E-state index contributed by atoms with van der Waals surface area (Å²) < 4.78 is 5.75. The minimum Gasteiger partial charge on any atom is -0.492 e. The van der Waals surface area contributed by atoms with Crippen molar-refractivity contribution in [3.05, 3.63) is 23.8 Å². The highest BCUT2D eigenvalue weighted by atomic mass is 16.5. The summed E-state index contributed by atoms with van der Waals surface area (Å²) in [4.78, 5) is 11.3. The van der Waals surface area contributed by atoms with E-state index in [1.165, 1.54) is 0 Å². The predicted octanol–water partition coefficient (Wildman–Crippen LogP) is 2.32. The van der Waals surface area contributed by atoms with E-state index in [1.807, 2.05) is 18.2 Å². The number of nitrogens with two attached hydrogens (primary N) is 1. The molecule has 1 heterocycles. The Morgan fingerprint density at radius 3 is 2.79 bits per heavy atom. The molecule has 0 bridgehead atoms. The van der Waals surface area contributed by atoms with Crippen LogP contribution in [0.1, 0.15) is 32.8 Å². The summed E-state index contributed by atoms with van der Waals surface area (Å²) in [5.74, 6) is 0.894. The normalized spacial score (nSPS) is 16.5. The van der Waals surface area contributed by atoms with Gasteiger partial charge in [-0.15, -0.1) is 0 Å². The fourth-order valence-electron chi connectivity index (χ4n) is 1.89. The van der Waals surface area contributed by atoms with Gasteiger partial charge in [-0.05, 0) is 35.6 Å². The summed E-state index contributed by atoms with van der Waals surface area (Å²) in [5, 5.41) is 2.86. The zero-order valence-electron chi connectivity index (χ0n) is 11.8. The first-order valence-electron chi connectivity index (χ1n) is 6.67. The molecule has 19 heavy (non-hydrogen) atoms. The number of amides is 1. The summed E-state index contributed by atoms with van der Waals surface area (Å²) in [5.41, 5.74) is 8.12. The molecule has 0 saturated carbocycles. The second-order valence-electron chi connectivity index (χ2n) is 6.15. The third-order valence-electron chi connectivity index (χ3n) is 3.51. The topological polar surface area (TPSA) is 64.3 Å². The highest BCUT2D eigenvalue weighted by Crippen LogP contribution is 2.27. The van der Waals surface area contributed by atoms with E-state index >= 15 is 0 Å². The van der Waals surface area contributed by atoms with E-state index in [0.29, 0.717) is 13.0 Å². The van der Waals surface area contributed by atoms with E-state index in [9.17, 15) is 4.79 Å². The maximum absolute atomic E-state index is 11.3. The number of ether oxygens (including phenoxy) is 1. The Bertz CT molecular complexity index is 478. The number of carbonyl (C=O) groups is 1. The Kier molecular flexibility index (Phi) is 3.80. The van der Waals surface area contributed by atoms with Crippen molar-refractivity contribution in [3.8, 4) is 5.75 Å². The molecule has 1 unspecified atom stereocenters. The molecule has 3 N–H and O–H groups in total. The molecule has 0 fully saturated rings. The molecule has 104 valence electrons. The molecule has 0 aromatic heterocycles. The molecule has 4 nitrogen and oxygen atoms in total. The van der Waals surface area contributed by atoms with Crippen LogP contribution in [0.4, 0.5) is 5.69 Å². The van der Waals surface area contributed by atoms with Crippen LogP contribution in [0.5, 0.6) is 5.75 Å². The Balaban J connectivity index is 2.01. The van der Waals surface area contributed by atoms with Crippen LogP contribution in [-0.4, -0.2) is 18.6 Å². The number of aryl methyl sites for hydroxylation is 1. The Morgan fingerprint density at radius 2 is 2.11 bits per heavy atom. The van der Waals surface area contributed by atoms with E-state index < -0.39 is 0 Å². The average Bonchev–Trinajstić information content (AvgIpc) is 2.34. The summed E-state index contributed by atoms with van der Waals surface area (Å²) in [6.45, 7) is 6.80. The summed E-state index contributed by atoms with van der Waals surface area (Å²) in [6.07, 6.45) is 1.31. The SMILES string of the molecule is CC(C)(C)C(N)COc1ccc2c(c1)CCC(=O)N2. The average molecular weight is 262 g/mol.